The molecular formula is C14H10F3N3. The SMILES string of the molecule is Cc1cccc2nc(N)n(-c3c(F)cc(F)cc3F)c12. The molecule has 2 aromatic carbocycles. The van der Waals surface area contributed by atoms with Crippen molar-refractivity contribution < 1.29 is 13.2 Å². The quantitative estimate of drug-likeness (QED) is 0.741. The first kappa shape index (κ1) is 12.5. The number of anilines is 1. The zero-order valence-corrected chi connectivity index (χ0v) is 10.5. The first-order chi connectivity index (χ1) is 9.49. The molecule has 20 heavy (non-hydrogen) atoms. The molecule has 102 valence electrons. The molecule has 1 heterocycles. The van der Waals surface area contributed by atoms with Crippen LogP contribution in [0, 0.1) is 24.4 Å². The van der Waals surface area contributed by atoms with Crippen molar-refractivity contribution in [2.75, 3.05) is 5.73 Å². The number of aromatic nitrogens is 2. The Morgan fingerprint density at radius 2 is 1.75 bits per heavy atom. The van der Waals surface area contributed by atoms with Gasteiger partial charge in [-0.05, 0) is 18.6 Å². The normalized spacial score (nSPS) is 11.2. The summed E-state index contributed by atoms with van der Waals surface area (Å²) in [6.45, 7) is 1.78. The molecule has 0 bridgehead atoms. The van der Waals surface area contributed by atoms with Crippen molar-refractivity contribution in [3.63, 3.8) is 0 Å². The fraction of sp³-hybridized carbons (Fsp3) is 0.0714. The van der Waals surface area contributed by atoms with Crippen molar-refractivity contribution in [1.29, 1.82) is 0 Å². The second-order valence-electron chi connectivity index (χ2n) is 4.47. The van der Waals surface area contributed by atoms with Crippen molar-refractivity contribution in [2.45, 2.75) is 6.92 Å². The lowest BCUT2D eigenvalue weighted by atomic mass is 10.2. The van der Waals surface area contributed by atoms with E-state index in [1.54, 1.807) is 25.1 Å². The number of para-hydroxylation sites is 1. The summed E-state index contributed by atoms with van der Waals surface area (Å²) in [6, 6.07) is 6.46. The van der Waals surface area contributed by atoms with Gasteiger partial charge in [-0.1, -0.05) is 12.1 Å². The summed E-state index contributed by atoms with van der Waals surface area (Å²) in [4.78, 5) is 4.07. The van der Waals surface area contributed by atoms with Gasteiger partial charge in [0.2, 0.25) is 5.95 Å². The molecule has 2 N–H and O–H groups in total. The van der Waals surface area contributed by atoms with Gasteiger partial charge in [0.1, 0.15) is 11.5 Å². The van der Waals surface area contributed by atoms with Crippen molar-refractivity contribution >= 4 is 17.0 Å². The van der Waals surface area contributed by atoms with E-state index < -0.39 is 23.1 Å². The van der Waals surface area contributed by atoms with Gasteiger partial charge in [0.25, 0.3) is 0 Å². The summed E-state index contributed by atoms with van der Waals surface area (Å²) < 4.78 is 42.0. The molecule has 3 nitrogen and oxygen atoms in total. The number of halogens is 3. The maximum absolute atomic E-state index is 13.9. The summed E-state index contributed by atoms with van der Waals surface area (Å²) in [5, 5.41) is 0. The van der Waals surface area contributed by atoms with E-state index in [1.165, 1.54) is 0 Å². The topological polar surface area (TPSA) is 43.8 Å². The first-order valence-corrected chi connectivity index (χ1v) is 5.87. The highest BCUT2D eigenvalue weighted by Crippen LogP contribution is 2.29. The lowest BCUT2D eigenvalue weighted by Crippen LogP contribution is -2.07. The van der Waals surface area contributed by atoms with Crippen molar-refractivity contribution in [1.82, 2.24) is 9.55 Å². The van der Waals surface area contributed by atoms with Gasteiger partial charge in [-0.2, -0.15) is 0 Å². The van der Waals surface area contributed by atoms with Crippen LogP contribution in [0.1, 0.15) is 5.56 Å². The third-order valence-electron chi connectivity index (χ3n) is 3.11. The summed E-state index contributed by atoms with van der Waals surface area (Å²) in [6.07, 6.45) is 0. The van der Waals surface area contributed by atoms with Crippen LogP contribution >= 0.6 is 0 Å². The fourth-order valence-corrected chi connectivity index (χ4v) is 2.29. The molecule has 0 aliphatic carbocycles. The Morgan fingerprint density at radius 1 is 1.10 bits per heavy atom. The highest BCUT2D eigenvalue weighted by molar-refractivity contribution is 5.83. The van der Waals surface area contributed by atoms with E-state index in [2.05, 4.69) is 4.98 Å². The number of nitrogens with zero attached hydrogens (tertiary/aromatic N) is 2. The van der Waals surface area contributed by atoms with E-state index in [0.29, 0.717) is 23.2 Å². The molecule has 1 aromatic heterocycles. The second-order valence-corrected chi connectivity index (χ2v) is 4.47. The number of aryl methyl sites for hydroxylation is 1. The number of rotatable bonds is 1. The van der Waals surface area contributed by atoms with Gasteiger partial charge in [0.05, 0.1) is 11.0 Å². The highest BCUT2D eigenvalue weighted by Gasteiger charge is 2.19. The predicted molar refractivity (Wildman–Crippen MR) is 70.1 cm³/mol. The van der Waals surface area contributed by atoms with Crippen LogP contribution in [0.15, 0.2) is 30.3 Å². The summed E-state index contributed by atoms with van der Waals surface area (Å²) in [7, 11) is 0. The van der Waals surface area contributed by atoms with E-state index >= 15 is 0 Å². The lowest BCUT2D eigenvalue weighted by Gasteiger charge is -2.10. The van der Waals surface area contributed by atoms with E-state index in [9.17, 15) is 13.2 Å². The van der Waals surface area contributed by atoms with Gasteiger partial charge >= 0.3 is 0 Å². The molecule has 0 saturated heterocycles. The van der Waals surface area contributed by atoms with Gasteiger partial charge in [0, 0.05) is 12.1 Å². The maximum Gasteiger partial charge on any atom is 0.206 e. The number of fused-ring (bicyclic) bond motifs is 1. The zero-order chi connectivity index (χ0) is 14.4. The number of hydrogen-bond acceptors (Lipinski definition) is 2. The minimum Gasteiger partial charge on any atom is -0.369 e. The molecule has 3 aromatic rings. The highest BCUT2D eigenvalue weighted by atomic mass is 19.1. The molecule has 0 spiro atoms. The predicted octanol–water partition coefficient (Wildman–Crippen LogP) is 3.33. The minimum atomic E-state index is -1.03. The third-order valence-corrected chi connectivity index (χ3v) is 3.11. The smallest absolute Gasteiger partial charge is 0.206 e. The van der Waals surface area contributed by atoms with Gasteiger partial charge in [0.15, 0.2) is 11.6 Å². The van der Waals surface area contributed by atoms with Crippen LogP contribution in [-0.4, -0.2) is 9.55 Å². The molecular weight excluding hydrogens is 267 g/mol. The maximum atomic E-state index is 13.9. The molecule has 0 saturated carbocycles. The molecule has 0 unspecified atom stereocenters. The molecule has 0 aliphatic rings. The van der Waals surface area contributed by atoms with Crippen LogP contribution in [0.4, 0.5) is 19.1 Å². The van der Waals surface area contributed by atoms with Crippen LogP contribution in [0.25, 0.3) is 16.7 Å². The average molecular weight is 277 g/mol. The van der Waals surface area contributed by atoms with Gasteiger partial charge in [-0.25, -0.2) is 18.2 Å². The van der Waals surface area contributed by atoms with Crippen LogP contribution in [0.2, 0.25) is 0 Å². The summed E-state index contributed by atoms with van der Waals surface area (Å²) >= 11 is 0. The van der Waals surface area contributed by atoms with Crippen LogP contribution in [0.3, 0.4) is 0 Å². The van der Waals surface area contributed by atoms with Crippen LogP contribution in [0.5, 0.6) is 0 Å². The van der Waals surface area contributed by atoms with E-state index in [1.807, 2.05) is 0 Å². The Morgan fingerprint density at radius 3 is 2.40 bits per heavy atom. The molecule has 0 radical (unpaired) electrons. The number of benzene rings is 2. The number of nitrogens with two attached hydrogens (primary N) is 1. The van der Waals surface area contributed by atoms with E-state index in [-0.39, 0.29) is 5.95 Å². The molecule has 0 aliphatic heterocycles. The van der Waals surface area contributed by atoms with E-state index in [0.717, 1.165) is 10.1 Å². The average Bonchev–Trinajstić information content (AvgIpc) is 2.66. The Balaban J connectivity index is 2.44. The summed E-state index contributed by atoms with van der Waals surface area (Å²) in [5.41, 5.74) is 7.10. The summed E-state index contributed by atoms with van der Waals surface area (Å²) in [5.74, 6) is -3.10. The molecule has 0 fully saturated rings. The molecule has 0 amide bonds. The minimum absolute atomic E-state index is 0.0568. The fourth-order valence-electron chi connectivity index (χ4n) is 2.29. The second kappa shape index (κ2) is 4.26. The Bertz CT molecular complexity index is 801. The van der Waals surface area contributed by atoms with Gasteiger partial charge in [-0.3, -0.25) is 4.57 Å². The lowest BCUT2D eigenvalue weighted by molar-refractivity contribution is 0.536. The van der Waals surface area contributed by atoms with Crippen molar-refractivity contribution in [2.24, 2.45) is 0 Å². The molecule has 3 rings (SSSR count). The van der Waals surface area contributed by atoms with Crippen LogP contribution < -0.4 is 5.73 Å². The largest absolute Gasteiger partial charge is 0.369 e. The standard InChI is InChI=1S/C14H10F3N3/c1-7-3-2-4-11-12(7)20(14(18)19-11)13-9(16)5-8(15)6-10(13)17/h2-6H,1H3,(H2,18,19). The zero-order valence-electron chi connectivity index (χ0n) is 10.5. The van der Waals surface area contributed by atoms with Gasteiger partial charge in [-0.15, -0.1) is 0 Å². The third kappa shape index (κ3) is 1.72. The molecule has 6 heteroatoms. The van der Waals surface area contributed by atoms with Crippen molar-refractivity contribution in [3.8, 4) is 5.69 Å². The number of nitrogen functional groups attached to an aromatic ring is 1. The van der Waals surface area contributed by atoms with Gasteiger partial charge < -0.3 is 5.73 Å². The van der Waals surface area contributed by atoms with Crippen LogP contribution in [-0.2, 0) is 0 Å². The Labute approximate surface area is 112 Å². The van der Waals surface area contributed by atoms with Crippen molar-refractivity contribution in [3.05, 3.63) is 53.3 Å². The Kier molecular flexibility index (Phi) is 2.67. The number of hydrogen-bond donors (Lipinski definition) is 1. The first-order valence-electron chi connectivity index (χ1n) is 5.87. The number of imidazole rings is 1. The monoisotopic (exact) mass is 277 g/mol. The van der Waals surface area contributed by atoms with E-state index in [4.69, 9.17) is 5.73 Å². The molecule has 0 atom stereocenters. The Hall–Kier alpha value is -2.50.